The monoisotopic (exact) mass is 394 g/mol. The van der Waals surface area contributed by atoms with Gasteiger partial charge in [-0.3, -0.25) is 0 Å². The number of ether oxygens (including phenoxy) is 2. The Kier molecular flexibility index (Phi) is 3.53. The van der Waals surface area contributed by atoms with Gasteiger partial charge in [0, 0.05) is 0 Å². The van der Waals surface area contributed by atoms with Crippen LogP contribution in [0.5, 0.6) is 5.75 Å². The van der Waals surface area contributed by atoms with Crippen LogP contribution in [0.25, 0.3) is 0 Å². The number of halogens is 2. The molecular weight excluding hydrogens is 387 g/mol. The van der Waals surface area contributed by atoms with Crippen molar-refractivity contribution in [3.8, 4) is 5.75 Å². The number of benzene rings is 1. The Morgan fingerprint density at radius 1 is 1.38 bits per heavy atom. The third-order valence-corrected chi connectivity index (χ3v) is 4.86. The van der Waals surface area contributed by atoms with E-state index in [-0.39, 0.29) is 12.1 Å². The van der Waals surface area contributed by atoms with Crippen LogP contribution in [0.4, 0.5) is 0 Å². The first-order chi connectivity index (χ1) is 7.63. The van der Waals surface area contributed by atoms with E-state index in [1.54, 1.807) is 7.11 Å². The molecule has 0 amide bonds. The second kappa shape index (κ2) is 4.75. The summed E-state index contributed by atoms with van der Waals surface area (Å²) in [5, 5.41) is 0. The molecule has 0 N–H and O–H groups in total. The second-order valence-electron chi connectivity index (χ2n) is 3.22. The number of rotatable bonds is 2. The molecular formula is C11H8BrIO3. The number of carbonyl (C=O) groups excluding carboxylic acids is 1. The smallest absolute Gasteiger partial charge is 0.347 e. The van der Waals surface area contributed by atoms with Crippen molar-refractivity contribution in [2.24, 2.45) is 0 Å². The maximum absolute atomic E-state index is 11.3. The van der Waals surface area contributed by atoms with Crippen LogP contribution in [0.2, 0.25) is 0 Å². The minimum atomic E-state index is -0.315. The molecule has 1 aliphatic heterocycles. The third-order valence-electron chi connectivity index (χ3n) is 2.26. The highest BCUT2D eigenvalue weighted by molar-refractivity contribution is 14.1. The number of methoxy groups -OCH3 is 1. The van der Waals surface area contributed by atoms with Crippen LogP contribution < -0.4 is 4.74 Å². The van der Waals surface area contributed by atoms with E-state index in [1.165, 1.54) is 0 Å². The molecule has 0 saturated carbocycles. The fourth-order valence-corrected chi connectivity index (χ4v) is 2.42. The number of cyclic esters (lactones) is 1. The summed E-state index contributed by atoms with van der Waals surface area (Å²) in [6.07, 6.45) is -0.298. The average molecular weight is 395 g/mol. The highest BCUT2D eigenvalue weighted by Crippen LogP contribution is 2.41. The first kappa shape index (κ1) is 11.9. The summed E-state index contributed by atoms with van der Waals surface area (Å²) < 4.78 is 11.7. The molecule has 16 heavy (non-hydrogen) atoms. The molecule has 1 aromatic carbocycles. The van der Waals surface area contributed by atoms with Gasteiger partial charge < -0.3 is 9.47 Å². The Morgan fingerprint density at radius 2 is 2.00 bits per heavy atom. The molecule has 1 atom stereocenters. The van der Waals surface area contributed by atoms with Gasteiger partial charge in [0.2, 0.25) is 0 Å². The molecule has 3 nitrogen and oxygen atoms in total. The van der Waals surface area contributed by atoms with E-state index in [1.807, 2.05) is 24.3 Å². The number of hydrogen-bond donors (Lipinski definition) is 0. The Labute approximate surface area is 115 Å². The maximum Gasteiger partial charge on any atom is 0.347 e. The minimum Gasteiger partial charge on any atom is -0.497 e. The lowest BCUT2D eigenvalue weighted by molar-refractivity contribution is -0.139. The highest BCUT2D eigenvalue weighted by atomic mass is 127. The van der Waals surface area contributed by atoms with E-state index >= 15 is 0 Å². The fraction of sp³-hybridized carbons (Fsp3) is 0.182. The Hall–Kier alpha value is -0.560. The third kappa shape index (κ3) is 2.10. The van der Waals surface area contributed by atoms with Gasteiger partial charge in [0.05, 0.1) is 10.7 Å². The van der Waals surface area contributed by atoms with Crippen molar-refractivity contribution in [3.05, 3.63) is 37.9 Å². The quantitative estimate of drug-likeness (QED) is 0.570. The van der Waals surface area contributed by atoms with Crippen molar-refractivity contribution in [1.29, 1.82) is 0 Å². The lowest BCUT2D eigenvalue weighted by atomic mass is 10.1. The second-order valence-corrected chi connectivity index (χ2v) is 5.18. The molecule has 0 aliphatic carbocycles. The summed E-state index contributed by atoms with van der Waals surface area (Å²) in [4.78, 5) is 11.3. The molecule has 0 saturated heterocycles. The van der Waals surface area contributed by atoms with Crippen molar-refractivity contribution in [3.63, 3.8) is 0 Å². The summed E-state index contributed by atoms with van der Waals surface area (Å²) in [7, 11) is 1.62. The van der Waals surface area contributed by atoms with Gasteiger partial charge in [-0.2, -0.15) is 0 Å². The zero-order chi connectivity index (χ0) is 11.7. The topological polar surface area (TPSA) is 35.5 Å². The largest absolute Gasteiger partial charge is 0.497 e. The maximum atomic E-state index is 11.3. The van der Waals surface area contributed by atoms with E-state index in [0.717, 1.165) is 14.9 Å². The molecule has 84 valence electrons. The van der Waals surface area contributed by atoms with Gasteiger partial charge in [0.15, 0.2) is 6.10 Å². The average Bonchev–Trinajstić information content (AvgIpc) is 2.57. The van der Waals surface area contributed by atoms with E-state index in [2.05, 4.69) is 38.5 Å². The van der Waals surface area contributed by atoms with Gasteiger partial charge >= 0.3 is 5.97 Å². The molecule has 0 aromatic heterocycles. The van der Waals surface area contributed by atoms with Crippen molar-refractivity contribution in [2.75, 3.05) is 7.11 Å². The van der Waals surface area contributed by atoms with Gasteiger partial charge in [-0.05, 0) is 56.2 Å². The number of esters is 1. The van der Waals surface area contributed by atoms with E-state index < -0.39 is 0 Å². The minimum absolute atomic E-state index is 0.298. The van der Waals surface area contributed by atoms with Crippen LogP contribution in [-0.2, 0) is 9.53 Å². The van der Waals surface area contributed by atoms with Crippen LogP contribution in [-0.4, -0.2) is 13.1 Å². The Balaban J connectivity index is 2.29. The van der Waals surface area contributed by atoms with Crippen LogP contribution in [0.1, 0.15) is 11.7 Å². The highest BCUT2D eigenvalue weighted by Gasteiger charge is 2.32. The SMILES string of the molecule is COc1ccc(C2OC(=O)C(Br)=C2I)cc1. The molecule has 0 bridgehead atoms. The molecule has 0 spiro atoms. The van der Waals surface area contributed by atoms with Gasteiger partial charge in [0.1, 0.15) is 10.2 Å². The van der Waals surface area contributed by atoms with Crippen LogP contribution in [0.3, 0.4) is 0 Å². The molecule has 2 rings (SSSR count). The number of hydrogen-bond acceptors (Lipinski definition) is 3. The molecule has 1 unspecified atom stereocenters. The summed E-state index contributed by atoms with van der Waals surface area (Å²) >= 11 is 5.32. The molecule has 1 aliphatic rings. The van der Waals surface area contributed by atoms with E-state index in [0.29, 0.717) is 4.48 Å². The molecule has 5 heteroatoms. The van der Waals surface area contributed by atoms with Crippen LogP contribution in [0.15, 0.2) is 32.3 Å². The lowest BCUT2D eigenvalue weighted by Gasteiger charge is -2.11. The van der Waals surface area contributed by atoms with Crippen molar-refractivity contribution < 1.29 is 14.3 Å². The first-order valence-corrected chi connectivity index (χ1v) is 6.40. The summed E-state index contributed by atoms with van der Waals surface area (Å²) in [6, 6.07) is 7.47. The lowest BCUT2D eigenvalue weighted by Crippen LogP contribution is -2.01. The van der Waals surface area contributed by atoms with Crippen LogP contribution >= 0.6 is 38.5 Å². The van der Waals surface area contributed by atoms with Crippen molar-refractivity contribution >= 4 is 44.5 Å². The molecule has 1 heterocycles. The van der Waals surface area contributed by atoms with Crippen LogP contribution in [0, 0.1) is 0 Å². The Morgan fingerprint density at radius 3 is 2.44 bits per heavy atom. The fourth-order valence-electron chi connectivity index (χ4n) is 1.42. The predicted molar refractivity (Wildman–Crippen MR) is 71.8 cm³/mol. The standard InChI is InChI=1S/C11H8BrIO3/c1-15-7-4-2-6(3-5-7)10-9(13)8(12)11(14)16-10/h2-5,10H,1H3. The zero-order valence-electron chi connectivity index (χ0n) is 8.37. The Bertz CT molecular complexity index is 453. The van der Waals surface area contributed by atoms with E-state index in [9.17, 15) is 4.79 Å². The summed E-state index contributed by atoms with van der Waals surface area (Å²) in [5.41, 5.74) is 0.938. The van der Waals surface area contributed by atoms with Gasteiger partial charge in [-0.25, -0.2) is 4.79 Å². The van der Waals surface area contributed by atoms with Crippen molar-refractivity contribution in [1.82, 2.24) is 0 Å². The van der Waals surface area contributed by atoms with Gasteiger partial charge in [-0.15, -0.1) is 0 Å². The zero-order valence-corrected chi connectivity index (χ0v) is 12.1. The molecule has 0 radical (unpaired) electrons. The molecule has 0 fully saturated rings. The van der Waals surface area contributed by atoms with Gasteiger partial charge in [0.25, 0.3) is 0 Å². The first-order valence-electron chi connectivity index (χ1n) is 4.53. The predicted octanol–water partition coefficient (Wildman–Crippen LogP) is 3.33. The molecule has 1 aromatic rings. The summed E-state index contributed by atoms with van der Waals surface area (Å²) in [5.74, 6) is 0.469. The van der Waals surface area contributed by atoms with Crippen molar-refractivity contribution in [2.45, 2.75) is 6.10 Å². The summed E-state index contributed by atoms with van der Waals surface area (Å²) in [6.45, 7) is 0. The van der Waals surface area contributed by atoms with Gasteiger partial charge in [-0.1, -0.05) is 12.1 Å². The van der Waals surface area contributed by atoms with E-state index in [4.69, 9.17) is 9.47 Å². The normalized spacial score (nSPS) is 19.9. The number of carbonyl (C=O) groups is 1.